The second-order valence-electron chi connectivity index (χ2n) is 7.24. The van der Waals surface area contributed by atoms with E-state index >= 15 is 0 Å². The van der Waals surface area contributed by atoms with E-state index in [4.69, 9.17) is 4.74 Å². The molecular weight excluding hydrogens is 350 g/mol. The van der Waals surface area contributed by atoms with Crippen molar-refractivity contribution in [3.05, 3.63) is 33.9 Å². The zero-order chi connectivity index (χ0) is 19.2. The molecule has 0 amide bonds. The minimum atomic E-state index is -0.576. The molecular formula is C19H27N3O5. The summed E-state index contributed by atoms with van der Waals surface area (Å²) in [4.78, 5) is 24.4. The summed E-state index contributed by atoms with van der Waals surface area (Å²) in [6.07, 6.45) is 4.89. The highest BCUT2D eigenvalue weighted by molar-refractivity contribution is 5.71. The van der Waals surface area contributed by atoms with Crippen LogP contribution in [0.2, 0.25) is 0 Å². The lowest BCUT2D eigenvalue weighted by molar-refractivity contribution is -0.385. The van der Waals surface area contributed by atoms with Crippen LogP contribution in [0.1, 0.15) is 31.2 Å². The van der Waals surface area contributed by atoms with Crippen LogP contribution >= 0.6 is 0 Å². The van der Waals surface area contributed by atoms with Gasteiger partial charge in [-0.25, -0.2) is 4.79 Å². The van der Waals surface area contributed by atoms with Gasteiger partial charge in [0, 0.05) is 18.7 Å². The van der Waals surface area contributed by atoms with E-state index in [9.17, 15) is 14.9 Å². The van der Waals surface area contributed by atoms with Gasteiger partial charge in [0.1, 0.15) is 0 Å². The fraction of sp³-hybridized carbons (Fsp3) is 0.632. The maximum Gasteiger partial charge on any atom is 0.343 e. The van der Waals surface area contributed by atoms with E-state index < -0.39 is 10.9 Å². The second kappa shape index (κ2) is 9.14. The van der Waals surface area contributed by atoms with Crippen LogP contribution in [-0.2, 0) is 16.1 Å². The number of hydrogen-bond acceptors (Lipinski definition) is 7. The number of benzene rings is 1. The number of rotatable bonds is 7. The molecule has 1 aromatic rings. The molecule has 2 saturated heterocycles. The Balaban J connectivity index is 1.57. The fourth-order valence-electron chi connectivity index (χ4n) is 4.01. The van der Waals surface area contributed by atoms with Crippen LogP contribution in [0.4, 0.5) is 5.69 Å². The average Bonchev–Trinajstić information content (AvgIpc) is 3.22. The largest absolute Gasteiger partial charge is 0.475 e. The molecule has 1 atom stereocenters. The quantitative estimate of drug-likeness (QED) is 0.442. The zero-order valence-corrected chi connectivity index (χ0v) is 15.7. The molecule has 1 N–H and O–H groups in total. The number of carbonyl (C=O) groups excluding carboxylic acids is 1. The first-order valence-corrected chi connectivity index (χ1v) is 9.49. The molecule has 0 spiro atoms. The van der Waals surface area contributed by atoms with Gasteiger partial charge in [-0.1, -0.05) is 6.07 Å². The van der Waals surface area contributed by atoms with Crippen molar-refractivity contribution in [1.29, 1.82) is 0 Å². The summed E-state index contributed by atoms with van der Waals surface area (Å²) < 4.78 is 9.73. The van der Waals surface area contributed by atoms with Gasteiger partial charge in [0.25, 0.3) is 0 Å². The molecule has 0 aromatic heterocycles. The van der Waals surface area contributed by atoms with Crippen molar-refractivity contribution in [3.63, 3.8) is 0 Å². The number of likely N-dealkylation sites (tertiary alicyclic amines) is 1. The Labute approximate surface area is 159 Å². The molecule has 27 heavy (non-hydrogen) atoms. The fourth-order valence-corrected chi connectivity index (χ4v) is 4.01. The lowest BCUT2D eigenvalue weighted by Gasteiger charge is -2.34. The smallest absolute Gasteiger partial charge is 0.343 e. The predicted octanol–water partition coefficient (Wildman–Crippen LogP) is 2.11. The average molecular weight is 377 g/mol. The number of esters is 1. The van der Waals surface area contributed by atoms with Crippen LogP contribution in [0, 0.1) is 16.0 Å². The first-order chi connectivity index (χ1) is 13.1. The van der Waals surface area contributed by atoms with Crippen LogP contribution in [0.5, 0.6) is 5.75 Å². The Bertz CT molecular complexity index is 667. The number of nitro benzene ring substituents is 1. The van der Waals surface area contributed by atoms with Crippen molar-refractivity contribution in [2.75, 3.05) is 33.4 Å². The van der Waals surface area contributed by atoms with Crippen molar-refractivity contribution in [2.45, 2.75) is 38.3 Å². The summed E-state index contributed by atoms with van der Waals surface area (Å²) in [5.41, 5.74) is 0.756. The minimum Gasteiger partial charge on any atom is -0.475 e. The predicted molar refractivity (Wildman–Crippen MR) is 99.6 cm³/mol. The topological polar surface area (TPSA) is 93.9 Å². The normalized spacial score (nSPS) is 21.1. The van der Waals surface area contributed by atoms with Crippen LogP contribution in [0.25, 0.3) is 0 Å². The summed E-state index contributed by atoms with van der Waals surface area (Å²) in [7, 11) is 1.25. The third-order valence-electron chi connectivity index (χ3n) is 5.50. The first kappa shape index (κ1) is 19.6. The number of nitrogens with one attached hydrogen (secondary N) is 1. The number of piperidine rings is 1. The monoisotopic (exact) mass is 377 g/mol. The number of nitrogens with zero attached hydrogens (tertiary/aromatic N) is 2. The molecule has 1 aromatic carbocycles. The first-order valence-electron chi connectivity index (χ1n) is 9.49. The van der Waals surface area contributed by atoms with Gasteiger partial charge < -0.3 is 14.8 Å². The van der Waals surface area contributed by atoms with E-state index in [2.05, 4.69) is 15.0 Å². The molecule has 0 aliphatic carbocycles. The molecule has 2 aliphatic rings. The third kappa shape index (κ3) is 5.17. The summed E-state index contributed by atoms with van der Waals surface area (Å²) in [5.74, 6) is 0.250. The molecule has 0 bridgehead atoms. The van der Waals surface area contributed by atoms with Crippen molar-refractivity contribution in [3.8, 4) is 5.75 Å². The molecule has 3 rings (SSSR count). The van der Waals surface area contributed by atoms with Gasteiger partial charge in [-0.05, 0) is 62.9 Å². The lowest BCUT2D eigenvalue weighted by atomic mass is 9.88. The summed E-state index contributed by atoms with van der Waals surface area (Å²) in [6.45, 7) is 3.50. The van der Waals surface area contributed by atoms with Crippen molar-refractivity contribution < 1.29 is 19.2 Å². The van der Waals surface area contributed by atoms with Crippen LogP contribution < -0.4 is 10.1 Å². The van der Waals surface area contributed by atoms with E-state index in [1.807, 2.05) is 6.07 Å². The van der Waals surface area contributed by atoms with Crippen LogP contribution in [0.3, 0.4) is 0 Å². The van der Waals surface area contributed by atoms with E-state index in [1.54, 1.807) is 6.07 Å². The number of carbonyl (C=O) groups is 1. The van der Waals surface area contributed by atoms with E-state index in [-0.39, 0.29) is 18.0 Å². The van der Waals surface area contributed by atoms with Gasteiger partial charge in [0.15, 0.2) is 12.4 Å². The van der Waals surface area contributed by atoms with Gasteiger partial charge in [-0.15, -0.1) is 0 Å². The van der Waals surface area contributed by atoms with Gasteiger partial charge in [-0.3, -0.25) is 15.0 Å². The van der Waals surface area contributed by atoms with Crippen molar-refractivity contribution in [2.24, 2.45) is 5.92 Å². The molecule has 148 valence electrons. The highest BCUT2D eigenvalue weighted by Gasteiger charge is 2.28. The molecule has 2 heterocycles. The van der Waals surface area contributed by atoms with E-state index in [0.717, 1.165) is 31.1 Å². The molecule has 0 radical (unpaired) electrons. The molecule has 8 heteroatoms. The van der Waals surface area contributed by atoms with Crippen molar-refractivity contribution in [1.82, 2.24) is 10.2 Å². The molecule has 1 unspecified atom stereocenters. The number of hydrogen-bond donors (Lipinski definition) is 1. The van der Waals surface area contributed by atoms with Gasteiger partial charge >= 0.3 is 11.7 Å². The maximum atomic E-state index is 11.4. The van der Waals surface area contributed by atoms with Crippen LogP contribution in [0.15, 0.2) is 18.2 Å². The Kier molecular flexibility index (Phi) is 6.63. The second-order valence-corrected chi connectivity index (χ2v) is 7.24. The molecule has 2 fully saturated rings. The lowest BCUT2D eigenvalue weighted by Crippen LogP contribution is -2.40. The molecule has 8 nitrogen and oxygen atoms in total. The Morgan fingerprint density at radius 1 is 1.33 bits per heavy atom. The SMILES string of the molecule is COC(=O)COc1ccc(CN2CCC(C3CCCN3)CC2)cc1[N+](=O)[O-]. The summed E-state index contributed by atoms with van der Waals surface area (Å²) in [6, 6.07) is 5.59. The highest BCUT2D eigenvalue weighted by atomic mass is 16.6. The molecule has 0 saturated carbocycles. The number of nitro groups is 1. The van der Waals surface area contributed by atoms with Crippen LogP contribution in [-0.4, -0.2) is 55.2 Å². The van der Waals surface area contributed by atoms with Gasteiger partial charge in [-0.2, -0.15) is 0 Å². The minimum absolute atomic E-state index is 0.0835. The zero-order valence-electron chi connectivity index (χ0n) is 15.7. The van der Waals surface area contributed by atoms with E-state index in [0.29, 0.717) is 12.6 Å². The Morgan fingerprint density at radius 3 is 2.74 bits per heavy atom. The van der Waals surface area contributed by atoms with Gasteiger partial charge in [0.05, 0.1) is 12.0 Å². The van der Waals surface area contributed by atoms with Gasteiger partial charge in [0.2, 0.25) is 0 Å². The Hall–Kier alpha value is -2.19. The summed E-state index contributed by atoms with van der Waals surface area (Å²) in [5, 5.41) is 15.0. The number of ether oxygens (including phenoxy) is 2. The van der Waals surface area contributed by atoms with Crippen molar-refractivity contribution >= 4 is 11.7 Å². The van der Waals surface area contributed by atoms with E-state index in [1.165, 1.54) is 38.9 Å². The standard InChI is InChI=1S/C19H27N3O5/c1-26-19(23)13-27-18-5-4-14(11-17(18)22(24)25)12-21-9-6-15(7-10-21)16-3-2-8-20-16/h4-5,11,15-16,20H,2-3,6-10,12-13H2,1H3. The maximum absolute atomic E-state index is 11.4. The molecule has 2 aliphatic heterocycles. The Morgan fingerprint density at radius 2 is 2.11 bits per heavy atom. The summed E-state index contributed by atoms with van der Waals surface area (Å²) >= 11 is 0. The third-order valence-corrected chi connectivity index (χ3v) is 5.50. The number of methoxy groups -OCH3 is 1. The highest BCUT2D eigenvalue weighted by Crippen LogP contribution is 2.30.